The predicted molar refractivity (Wildman–Crippen MR) is 126 cm³/mol. The molecule has 1 amide bonds. The molecule has 2 aromatic carbocycles. The first-order valence-corrected chi connectivity index (χ1v) is 11.1. The zero-order valence-corrected chi connectivity index (χ0v) is 19.1. The standard InChI is InChI=1S/C27H34N2O2/c1-20(2)29(18-24-12-8-9-21(3)17-24)19-25-15-16-26(31-25)27(30)28-22(4)13-14-23-10-6-5-7-11-23/h5-12,15-17,20,22H,13-14,18-19H2,1-4H3,(H,28,30). The number of rotatable bonds is 10. The fourth-order valence-electron chi connectivity index (χ4n) is 3.65. The number of amides is 1. The molecule has 4 nitrogen and oxygen atoms in total. The number of carbonyl (C=O) groups excluding carboxylic acids is 1. The van der Waals surface area contributed by atoms with Crippen molar-refractivity contribution in [3.05, 3.63) is 94.9 Å². The minimum Gasteiger partial charge on any atom is -0.455 e. The summed E-state index contributed by atoms with van der Waals surface area (Å²) in [6, 6.07) is 23.0. The highest BCUT2D eigenvalue weighted by atomic mass is 16.4. The van der Waals surface area contributed by atoms with Gasteiger partial charge in [0.05, 0.1) is 6.54 Å². The Labute approximate surface area is 186 Å². The maximum Gasteiger partial charge on any atom is 0.287 e. The van der Waals surface area contributed by atoms with E-state index in [1.165, 1.54) is 16.7 Å². The van der Waals surface area contributed by atoms with Gasteiger partial charge in [-0.1, -0.05) is 60.2 Å². The van der Waals surface area contributed by atoms with Crippen molar-refractivity contribution in [2.75, 3.05) is 0 Å². The van der Waals surface area contributed by atoms with Crippen LogP contribution < -0.4 is 5.32 Å². The van der Waals surface area contributed by atoms with Crippen molar-refractivity contribution in [3.63, 3.8) is 0 Å². The van der Waals surface area contributed by atoms with Gasteiger partial charge in [0.2, 0.25) is 0 Å². The number of nitrogens with zero attached hydrogens (tertiary/aromatic N) is 1. The Kier molecular flexibility index (Phi) is 8.07. The number of furan rings is 1. The molecule has 1 aromatic heterocycles. The molecule has 0 aliphatic rings. The number of hydrogen-bond donors (Lipinski definition) is 1. The molecular weight excluding hydrogens is 384 g/mol. The van der Waals surface area contributed by atoms with Crippen LogP contribution in [0.15, 0.2) is 71.1 Å². The number of carbonyl (C=O) groups is 1. The van der Waals surface area contributed by atoms with Gasteiger partial charge in [0.15, 0.2) is 5.76 Å². The molecule has 1 unspecified atom stereocenters. The third kappa shape index (κ3) is 7.11. The van der Waals surface area contributed by atoms with E-state index in [2.05, 4.69) is 67.4 Å². The van der Waals surface area contributed by atoms with Crippen LogP contribution in [0.1, 0.15) is 60.2 Å². The van der Waals surface area contributed by atoms with Crippen LogP contribution in [0.3, 0.4) is 0 Å². The normalized spacial score (nSPS) is 12.3. The van der Waals surface area contributed by atoms with Crippen molar-refractivity contribution in [1.29, 1.82) is 0 Å². The molecule has 0 saturated heterocycles. The molecule has 31 heavy (non-hydrogen) atoms. The molecule has 0 spiro atoms. The van der Waals surface area contributed by atoms with Gasteiger partial charge in [-0.15, -0.1) is 0 Å². The molecular formula is C27H34N2O2. The second-order valence-electron chi connectivity index (χ2n) is 8.65. The smallest absolute Gasteiger partial charge is 0.287 e. The van der Waals surface area contributed by atoms with Crippen molar-refractivity contribution in [2.45, 2.75) is 65.7 Å². The van der Waals surface area contributed by atoms with Gasteiger partial charge >= 0.3 is 0 Å². The monoisotopic (exact) mass is 418 g/mol. The lowest BCUT2D eigenvalue weighted by Gasteiger charge is -2.25. The van der Waals surface area contributed by atoms with Gasteiger partial charge in [-0.2, -0.15) is 0 Å². The van der Waals surface area contributed by atoms with Crippen LogP contribution in [0.4, 0.5) is 0 Å². The minimum atomic E-state index is -0.151. The van der Waals surface area contributed by atoms with Crippen molar-refractivity contribution in [3.8, 4) is 0 Å². The molecule has 0 aliphatic heterocycles. The van der Waals surface area contributed by atoms with Gasteiger partial charge < -0.3 is 9.73 Å². The van der Waals surface area contributed by atoms with E-state index in [0.29, 0.717) is 18.3 Å². The summed E-state index contributed by atoms with van der Waals surface area (Å²) in [5.41, 5.74) is 3.83. The number of aryl methyl sites for hydroxylation is 2. The number of hydrogen-bond acceptors (Lipinski definition) is 3. The zero-order chi connectivity index (χ0) is 22.2. The highest BCUT2D eigenvalue weighted by molar-refractivity contribution is 5.91. The fraction of sp³-hybridized carbons (Fsp3) is 0.370. The molecule has 164 valence electrons. The second kappa shape index (κ2) is 11.0. The Bertz CT molecular complexity index is 962. The van der Waals surface area contributed by atoms with E-state index in [0.717, 1.165) is 25.1 Å². The first-order valence-electron chi connectivity index (χ1n) is 11.1. The maximum atomic E-state index is 12.6. The van der Waals surface area contributed by atoms with E-state index in [-0.39, 0.29) is 11.9 Å². The third-order valence-corrected chi connectivity index (χ3v) is 5.53. The Morgan fingerprint density at radius 2 is 1.68 bits per heavy atom. The zero-order valence-electron chi connectivity index (χ0n) is 19.1. The average Bonchev–Trinajstić information content (AvgIpc) is 3.21. The molecule has 3 rings (SSSR count). The molecule has 4 heteroatoms. The quantitative estimate of drug-likeness (QED) is 0.456. The first kappa shape index (κ1) is 22.8. The molecule has 1 heterocycles. The molecule has 0 saturated carbocycles. The van der Waals surface area contributed by atoms with E-state index in [1.54, 1.807) is 6.07 Å². The van der Waals surface area contributed by atoms with Crippen LogP contribution in [0.25, 0.3) is 0 Å². The van der Waals surface area contributed by atoms with Crippen LogP contribution in [0.5, 0.6) is 0 Å². The van der Waals surface area contributed by atoms with Gasteiger partial charge in [0.25, 0.3) is 5.91 Å². The topological polar surface area (TPSA) is 45.5 Å². The van der Waals surface area contributed by atoms with Crippen LogP contribution in [0.2, 0.25) is 0 Å². The van der Waals surface area contributed by atoms with E-state index >= 15 is 0 Å². The van der Waals surface area contributed by atoms with Crippen LogP contribution >= 0.6 is 0 Å². The SMILES string of the molecule is Cc1cccc(CN(Cc2ccc(C(=O)NC(C)CCc3ccccc3)o2)C(C)C)c1. The third-order valence-electron chi connectivity index (χ3n) is 5.53. The second-order valence-corrected chi connectivity index (χ2v) is 8.65. The number of benzene rings is 2. The van der Waals surface area contributed by atoms with Gasteiger partial charge in [0, 0.05) is 18.6 Å². The Balaban J connectivity index is 1.54. The summed E-state index contributed by atoms with van der Waals surface area (Å²) >= 11 is 0. The molecule has 0 radical (unpaired) electrons. The van der Waals surface area contributed by atoms with Gasteiger partial charge in [-0.05, 0) is 63.8 Å². The maximum absolute atomic E-state index is 12.6. The minimum absolute atomic E-state index is 0.0785. The molecule has 1 atom stereocenters. The van der Waals surface area contributed by atoms with E-state index in [9.17, 15) is 4.79 Å². The summed E-state index contributed by atoms with van der Waals surface area (Å²) in [4.78, 5) is 15.0. The van der Waals surface area contributed by atoms with E-state index in [1.807, 2.05) is 31.2 Å². The first-order chi connectivity index (χ1) is 14.9. The predicted octanol–water partition coefficient (Wildman–Crippen LogP) is 5.75. The number of nitrogens with one attached hydrogen (secondary N) is 1. The fourth-order valence-corrected chi connectivity index (χ4v) is 3.65. The van der Waals surface area contributed by atoms with Crippen molar-refractivity contribution < 1.29 is 9.21 Å². The summed E-state index contributed by atoms with van der Waals surface area (Å²) < 4.78 is 5.90. The van der Waals surface area contributed by atoms with Crippen molar-refractivity contribution >= 4 is 5.91 Å². The Morgan fingerprint density at radius 3 is 2.39 bits per heavy atom. The van der Waals surface area contributed by atoms with Crippen LogP contribution in [-0.4, -0.2) is 22.9 Å². The molecule has 1 N–H and O–H groups in total. The molecule has 0 aliphatic carbocycles. The van der Waals surface area contributed by atoms with Gasteiger partial charge in [-0.3, -0.25) is 9.69 Å². The largest absolute Gasteiger partial charge is 0.455 e. The molecule has 3 aromatic rings. The van der Waals surface area contributed by atoms with Crippen molar-refractivity contribution in [2.24, 2.45) is 0 Å². The Hall–Kier alpha value is -2.85. The molecule has 0 bridgehead atoms. The van der Waals surface area contributed by atoms with Crippen LogP contribution in [-0.2, 0) is 19.5 Å². The lowest BCUT2D eigenvalue weighted by molar-refractivity contribution is 0.0905. The van der Waals surface area contributed by atoms with E-state index in [4.69, 9.17) is 4.42 Å². The summed E-state index contributed by atoms with van der Waals surface area (Å²) in [6.07, 6.45) is 1.83. The summed E-state index contributed by atoms with van der Waals surface area (Å²) in [7, 11) is 0. The van der Waals surface area contributed by atoms with E-state index < -0.39 is 0 Å². The molecule has 0 fully saturated rings. The van der Waals surface area contributed by atoms with Crippen molar-refractivity contribution in [1.82, 2.24) is 10.2 Å². The average molecular weight is 419 g/mol. The summed E-state index contributed by atoms with van der Waals surface area (Å²) in [5.74, 6) is 1.03. The lowest BCUT2D eigenvalue weighted by atomic mass is 10.1. The van der Waals surface area contributed by atoms with Crippen LogP contribution in [0, 0.1) is 6.92 Å². The Morgan fingerprint density at radius 1 is 0.935 bits per heavy atom. The highest BCUT2D eigenvalue weighted by Gasteiger charge is 2.17. The summed E-state index contributed by atoms with van der Waals surface area (Å²) in [6.45, 7) is 10.0. The lowest BCUT2D eigenvalue weighted by Crippen LogP contribution is -2.32. The van der Waals surface area contributed by atoms with Gasteiger partial charge in [0.1, 0.15) is 5.76 Å². The highest BCUT2D eigenvalue weighted by Crippen LogP contribution is 2.17. The summed E-state index contributed by atoms with van der Waals surface area (Å²) in [5, 5.41) is 3.06. The van der Waals surface area contributed by atoms with Gasteiger partial charge in [-0.25, -0.2) is 0 Å².